The topological polar surface area (TPSA) is 81.1 Å². The van der Waals surface area contributed by atoms with E-state index < -0.39 is 10.0 Å². The van der Waals surface area contributed by atoms with E-state index in [1.165, 1.54) is 6.26 Å². The van der Waals surface area contributed by atoms with Crippen LogP contribution in [-0.2, 0) is 23.6 Å². The molecule has 4 rings (SSSR count). The van der Waals surface area contributed by atoms with Crippen molar-refractivity contribution in [1.82, 2.24) is 13.8 Å². The van der Waals surface area contributed by atoms with Gasteiger partial charge < -0.3 is 14.0 Å². The summed E-state index contributed by atoms with van der Waals surface area (Å²) in [6, 6.07) is 7.64. The number of piperazine rings is 1. The minimum absolute atomic E-state index is 0.0352. The zero-order valence-electron chi connectivity index (χ0n) is 19.5. The Hall–Kier alpha value is -2.40. The molecule has 1 aliphatic heterocycles. The van der Waals surface area contributed by atoms with E-state index in [1.807, 2.05) is 37.4 Å². The Morgan fingerprint density at radius 2 is 1.85 bits per heavy atom. The van der Waals surface area contributed by atoms with Crippen molar-refractivity contribution in [2.45, 2.75) is 19.5 Å². The zero-order valence-corrected chi connectivity index (χ0v) is 21.1. The molecule has 1 fully saturated rings. The summed E-state index contributed by atoms with van der Waals surface area (Å²) in [6.45, 7) is 4.40. The molecule has 1 unspecified atom stereocenters. The lowest BCUT2D eigenvalue weighted by atomic mass is 10.1. The van der Waals surface area contributed by atoms with Crippen LogP contribution in [0.5, 0.6) is 11.5 Å². The van der Waals surface area contributed by atoms with E-state index in [-0.39, 0.29) is 11.6 Å². The second-order valence-electron chi connectivity index (χ2n) is 8.44. The molecule has 0 N–H and O–H groups in total. The van der Waals surface area contributed by atoms with Gasteiger partial charge in [-0.25, -0.2) is 8.42 Å². The predicted octanol–water partition coefficient (Wildman–Crippen LogP) is 2.75. The Labute approximate surface area is 198 Å². The molecule has 3 heterocycles. The summed E-state index contributed by atoms with van der Waals surface area (Å²) in [6.07, 6.45) is 3.12. The van der Waals surface area contributed by atoms with Crippen molar-refractivity contribution in [3.05, 3.63) is 45.7 Å². The number of thiophene rings is 1. The number of hydrogen-bond donors (Lipinski definition) is 0. The molecular formula is C23H29N3O5S2. The van der Waals surface area contributed by atoms with E-state index in [0.717, 1.165) is 20.7 Å². The predicted molar refractivity (Wildman–Crippen MR) is 132 cm³/mol. The van der Waals surface area contributed by atoms with Crippen LogP contribution in [0.1, 0.15) is 11.8 Å². The molecule has 8 nitrogen and oxygen atoms in total. The average molecular weight is 492 g/mol. The van der Waals surface area contributed by atoms with Crippen molar-refractivity contribution in [2.75, 3.05) is 40.1 Å². The number of fused-ring (bicyclic) bond motifs is 1. The SMILES string of the molecule is COc1ccc(-c2cn(C)c(=O)c3cc(CN4CCN(S(C)(=O)=O)C(C)C4)sc23)cc1OC. The van der Waals surface area contributed by atoms with Gasteiger partial charge in [-0.2, -0.15) is 4.31 Å². The van der Waals surface area contributed by atoms with Gasteiger partial charge in [-0.15, -0.1) is 11.3 Å². The van der Waals surface area contributed by atoms with Crippen molar-refractivity contribution < 1.29 is 17.9 Å². The molecule has 0 aliphatic carbocycles. The first kappa shape index (κ1) is 23.7. The van der Waals surface area contributed by atoms with E-state index in [2.05, 4.69) is 4.90 Å². The third-order valence-electron chi connectivity index (χ3n) is 6.05. The first-order chi connectivity index (χ1) is 15.6. The largest absolute Gasteiger partial charge is 0.493 e. The number of aromatic nitrogens is 1. The van der Waals surface area contributed by atoms with E-state index in [4.69, 9.17) is 9.47 Å². The lowest BCUT2D eigenvalue weighted by Gasteiger charge is -2.38. The second-order valence-corrected chi connectivity index (χ2v) is 11.5. The second kappa shape index (κ2) is 9.09. The van der Waals surface area contributed by atoms with Gasteiger partial charge in [-0.3, -0.25) is 9.69 Å². The van der Waals surface area contributed by atoms with Crippen molar-refractivity contribution in [1.29, 1.82) is 0 Å². The molecule has 0 bridgehead atoms. The highest BCUT2D eigenvalue weighted by Gasteiger charge is 2.30. The first-order valence-corrected chi connectivity index (χ1v) is 13.3. The molecule has 0 saturated carbocycles. The number of rotatable bonds is 6. The fourth-order valence-corrected chi connectivity index (χ4v) is 6.82. The lowest BCUT2D eigenvalue weighted by Crippen LogP contribution is -2.53. The number of sulfonamides is 1. The van der Waals surface area contributed by atoms with Gasteiger partial charge >= 0.3 is 0 Å². The molecule has 33 heavy (non-hydrogen) atoms. The van der Waals surface area contributed by atoms with E-state index in [0.29, 0.717) is 43.1 Å². The molecule has 0 amide bonds. The van der Waals surface area contributed by atoms with Crippen LogP contribution in [0, 0.1) is 0 Å². The lowest BCUT2D eigenvalue weighted by molar-refractivity contribution is 0.139. The molecule has 1 atom stereocenters. The molecule has 3 aromatic rings. The van der Waals surface area contributed by atoms with Crippen LogP contribution in [0.15, 0.2) is 35.3 Å². The van der Waals surface area contributed by atoms with Crippen molar-refractivity contribution >= 4 is 31.4 Å². The van der Waals surface area contributed by atoms with Crippen molar-refractivity contribution in [3.8, 4) is 22.6 Å². The van der Waals surface area contributed by atoms with Gasteiger partial charge in [-0.05, 0) is 30.7 Å². The smallest absolute Gasteiger partial charge is 0.259 e. The third-order valence-corrected chi connectivity index (χ3v) is 8.60. The number of nitrogens with zero attached hydrogens (tertiary/aromatic N) is 3. The summed E-state index contributed by atoms with van der Waals surface area (Å²) in [5.41, 5.74) is 1.86. The number of aryl methyl sites for hydroxylation is 1. The highest BCUT2D eigenvalue weighted by molar-refractivity contribution is 7.88. The monoisotopic (exact) mass is 491 g/mol. The van der Waals surface area contributed by atoms with Gasteiger partial charge in [0.2, 0.25) is 10.0 Å². The summed E-state index contributed by atoms with van der Waals surface area (Å²) >= 11 is 1.61. The maximum Gasteiger partial charge on any atom is 0.259 e. The fourth-order valence-electron chi connectivity index (χ4n) is 4.46. The Bertz CT molecular complexity index is 1350. The molecule has 178 valence electrons. The van der Waals surface area contributed by atoms with Crippen LogP contribution in [-0.4, -0.2) is 68.3 Å². The number of ether oxygens (including phenoxy) is 2. The fraction of sp³-hybridized carbons (Fsp3) is 0.435. The highest BCUT2D eigenvalue weighted by Crippen LogP contribution is 2.37. The van der Waals surface area contributed by atoms with Gasteiger partial charge in [0.25, 0.3) is 5.56 Å². The first-order valence-electron chi connectivity index (χ1n) is 10.7. The molecule has 10 heteroatoms. The van der Waals surface area contributed by atoms with E-state index in [9.17, 15) is 13.2 Å². The standard InChI is InChI=1S/C23H29N3O5S2/c1-15-12-25(8-9-26(15)33(5,28)29)13-17-11-18-22(32-17)19(14-24(2)23(18)27)16-6-7-20(30-3)21(10-16)31-4/h6-7,10-11,14-15H,8-9,12-13H2,1-5H3. The maximum atomic E-state index is 12.9. The van der Waals surface area contributed by atoms with Crippen molar-refractivity contribution in [2.24, 2.45) is 7.05 Å². The maximum absolute atomic E-state index is 12.9. The minimum Gasteiger partial charge on any atom is -0.493 e. The molecule has 0 spiro atoms. The Morgan fingerprint density at radius 3 is 2.48 bits per heavy atom. The molecule has 1 saturated heterocycles. The number of hydrogen-bond acceptors (Lipinski definition) is 7. The highest BCUT2D eigenvalue weighted by atomic mass is 32.2. The summed E-state index contributed by atoms with van der Waals surface area (Å²) in [5, 5.41) is 0.688. The van der Waals surface area contributed by atoms with Crippen LogP contribution in [0.4, 0.5) is 0 Å². The van der Waals surface area contributed by atoms with Gasteiger partial charge in [-0.1, -0.05) is 6.07 Å². The van der Waals surface area contributed by atoms with Crippen LogP contribution < -0.4 is 15.0 Å². The number of methoxy groups -OCH3 is 2. The van der Waals surface area contributed by atoms with Gasteiger partial charge in [0.05, 0.1) is 25.9 Å². The molecule has 1 aliphatic rings. The van der Waals surface area contributed by atoms with Gasteiger partial charge in [0.15, 0.2) is 11.5 Å². The van der Waals surface area contributed by atoms with Gasteiger partial charge in [0, 0.05) is 60.6 Å². The molecule has 0 radical (unpaired) electrons. The Kier molecular flexibility index (Phi) is 6.54. The van der Waals surface area contributed by atoms with Crippen LogP contribution in [0.3, 0.4) is 0 Å². The van der Waals surface area contributed by atoms with Crippen LogP contribution in [0.25, 0.3) is 21.2 Å². The third kappa shape index (κ3) is 4.65. The summed E-state index contributed by atoms with van der Waals surface area (Å²) in [5.74, 6) is 1.28. The molecular weight excluding hydrogens is 462 g/mol. The van der Waals surface area contributed by atoms with Gasteiger partial charge in [0.1, 0.15) is 0 Å². The minimum atomic E-state index is -3.20. The summed E-state index contributed by atoms with van der Waals surface area (Å²) in [4.78, 5) is 16.2. The molecule has 1 aromatic carbocycles. The van der Waals surface area contributed by atoms with Crippen molar-refractivity contribution in [3.63, 3.8) is 0 Å². The number of pyridine rings is 1. The Morgan fingerprint density at radius 1 is 1.12 bits per heavy atom. The van der Waals surface area contributed by atoms with E-state index >= 15 is 0 Å². The number of benzene rings is 1. The summed E-state index contributed by atoms with van der Waals surface area (Å²) < 4.78 is 38.9. The zero-order chi connectivity index (χ0) is 23.9. The Balaban J connectivity index is 1.68. The normalized spacial score (nSPS) is 18.0. The molecule has 2 aromatic heterocycles. The van der Waals surface area contributed by atoms with Crippen LogP contribution >= 0.6 is 11.3 Å². The average Bonchev–Trinajstić information content (AvgIpc) is 3.18. The van der Waals surface area contributed by atoms with Crippen LogP contribution in [0.2, 0.25) is 0 Å². The van der Waals surface area contributed by atoms with E-state index in [1.54, 1.807) is 41.5 Å². The summed E-state index contributed by atoms with van der Waals surface area (Å²) in [7, 11) is 1.76. The quantitative estimate of drug-likeness (QED) is 0.528.